The van der Waals surface area contributed by atoms with Crippen LogP contribution in [-0.4, -0.2) is 22.8 Å². The molecule has 6 nitrogen and oxygen atoms in total. The molecular formula is C17H14F3N3O3S. The Bertz CT molecular complexity index is 839. The molecule has 2 aromatic rings. The lowest BCUT2D eigenvalue weighted by molar-refractivity contribution is -0.384. The van der Waals surface area contributed by atoms with Gasteiger partial charge in [0, 0.05) is 17.9 Å². The van der Waals surface area contributed by atoms with Crippen molar-refractivity contribution in [3.8, 4) is 0 Å². The van der Waals surface area contributed by atoms with Crippen LogP contribution in [0.5, 0.6) is 0 Å². The van der Waals surface area contributed by atoms with E-state index in [1.165, 1.54) is 36.0 Å². The van der Waals surface area contributed by atoms with E-state index in [4.69, 9.17) is 0 Å². The third-order valence-corrected chi connectivity index (χ3v) is 4.27. The molecule has 0 spiro atoms. The Kier molecular flexibility index (Phi) is 6.94. The van der Waals surface area contributed by atoms with E-state index in [1.807, 2.05) is 0 Å². The molecule has 0 heterocycles. The molecule has 0 radical (unpaired) electrons. The lowest BCUT2D eigenvalue weighted by Crippen LogP contribution is -2.19. The quantitative estimate of drug-likeness (QED) is 0.435. The number of carbonyl (C=O) groups is 1. The SMILES string of the molecule is O=C(CSCc1ccc([N+](=O)[O-])cc1)N/N=C/c1cccc(C(F)(F)F)c1. The normalized spacial score (nSPS) is 11.5. The molecule has 0 fully saturated rings. The minimum Gasteiger partial charge on any atom is -0.272 e. The maximum absolute atomic E-state index is 12.6. The fourth-order valence-electron chi connectivity index (χ4n) is 1.98. The van der Waals surface area contributed by atoms with Crippen molar-refractivity contribution < 1.29 is 22.9 Å². The summed E-state index contributed by atoms with van der Waals surface area (Å²) in [6, 6.07) is 10.6. The number of nitro benzene ring substituents is 1. The van der Waals surface area contributed by atoms with Gasteiger partial charge in [-0.3, -0.25) is 14.9 Å². The lowest BCUT2D eigenvalue weighted by atomic mass is 10.1. The maximum Gasteiger partial charge on any atom is 0.416 e. The summed E-state index contributed by atoms with van der Waals surface area (Å²) in [5.41, 5.74) is 2.47. The van der Waals surface area contributed by atoms with E-state index in [-0.39, 0.29) is 17.0 Å². The molecule has 1 amide bonds. The summed E-state index contributed by atoms with van der Waals surface area (Å²) < 4.78 is 37.8. The number of nitro groups is 1. The Morgan fingerprint density at radius 1 is 1.22 bits per heavy atom. The van der Waals surface area contributed by atoms with Crippen molar-refractivity contribution in [3.63, 3.8) is 0 Å². The average molecular weight is 397 g/mol. The van der Waals surface area contributed by atoms with Crippen LogP contribution in [0.15, 0.2) is 53.6 Å². The number of nitrogens with one attached hydrogen (secondary N) is 1. The second kappa shape index (κ2) is 9.17. The molecule has 0 aliphatic carbocycles. The lowest BCUT2D eigenvalue weighted by Gasteiger charge is -2.06. The van der Waals surface area contributed by atoms with Gasteiger partial charge in [-0.25, -0.2) is 5.43 Å². The largest absolute Gasteiger partial charge is 0.416 e. The number of halogens is 3. The summed E-state index contributed by atoms with van der Waals surface area (Å²) in [6.45, 7) is 0. The Morgan fingerprint density at radius 3 is 2.56 bits per heavy atom. The molecule has 0 bridgehead atoms. The van der Waals surface area contributed by atoms with Crippen molar-refractivity contribution in [1.29, 1.82) is 0 Å². The smallest absolute Gasteiger partial charge is 0.272 e. The first-order valence-electron chi connectivity index (χ1n) is 7.56. The minimum atomic E-state index is -4.44. The summed E-state index contributed by atoms with van der Waals surface area (Å²) in [5.74, 6) is 0.143. The van der Waals surface area contributed by atoms with Crippen molar-refractivity contribution in [2.24, 2.45) is 5.10 Å². The van der Waals surface area contributed by atoms with Crippen molar-refractivity contribution >= 4 is 29.6 Å². The van der Waals surface area contributed by atoms with E-state index in [9.17, 15) is 28.1 Å². The number of thioether (sulfide) groups is 1. The number of hydrogen-bond acceptors (Lipinski definition) is 5. The number of hydrogen-bond donors (Lipinski definition) is 1. The third-order valence-electron chi connectivity index (χ3n) is 3.27. The van der Waals surface area contributed by atoms with Crippen LogP contribution in [0.3, 0.4) is 0 Å². The molecule has 0 aliphatic rings. The summed E-state index contributed by atoms with van der Waals surface area (Å²) in [5, 5.41) is 14.2. The van der Waals surface area contributed by atoms with Crippen LogP contribution in [0.1, 0.15) is 16.7 Å². The van der Waals surface area contributed by atoms with Crippen molar-refractivity contribution in [1.82, 2.24) is 5.43 Å². The molecule has 0 unspecified atom stereocenters. The highest BCUT2D eigenvalue weighted by Crippen LogP contribution is 2.29. The molecule has 0 saturated heterocycles. The van der Waals surface area contributed by atoms with Gasteiger partial charge in [0.2, 0.25) is 5.91 Å². The van der Waals surface area contributed by atoms with E-state index in [0.717, 1.165) is 23.9 Å². The van der Waals surface area contributed by atoms with Gasteiger partial charge in [-0.05, 0) is 23.3 Å². The van der Waals surface area contributed by atoms with E-state index < -0.39 is 22.6 Å². The highest BCUT2D eigenvalue weighted by atomic mass is 32.2. The van der Waals surface area contributed by atoms with Crippen LogP contribution in [0, 0.1) is 10.1 Å². The first kappa shape index (κ1) is 20.4. The second-order valence-corrected chi connectivity index (χ2v) is 6.32. The van der Waals surface area contributed by atoms with Gasteiger partial charge in [-0.15, -0.1) is 11.8 Å². The molecular weight excluding hydrogens is 383 g/mol. The Balaban J connectivity index is 1.77. The first-order valence-corrected chi connectivity index (χ1v) is 8.71. The molecule has 27 heavy (non-hydrogen) atoms. The topological polar surface area (TPSA) is 84.6 Å². The van der Waals surface area contributed by atoms with Crippen LogP contribution >= 0.6 is 11.8 Å². The summed E-state index contributed by atoms with van der Waals surface area (Å²) >= 11 is 1.28. The van der Waals surface area contributed by atoms with Crippen LogP contribution in [0.4, 0.5) is 18.9 Å². The summed E-state index contributed by atoms with van der Waals surface area (Å²) in [6.07, 6.45) is -3.31. The predicted octanol–water partition coefficient (Wildman–Crippen LogP) is 4.00. The number of alkyl halides is 3. The second-order valence-electron chi connectivity index (χ2n) is 5.33. The molecule has 0 saturated carbocycles. The fraction of sp³-hybridized carbons (Fsp3) is 0.176. The molecule has 10 heteroatoms. The fourth-order valence-corrected chi connectivity index (χ4v) is 2.76. The minimum absolute atomic E-state index is 0.00887. The summed E-state index contributed by atoms with van der Waals surface area (Å²) in [4.78, 5) is 21.7. The average Bonchev–Trinajstić information content (AvgIpc) is 2.62. The molecule has 1 N–H and O–H groups in total. The standard InChI is InChI=1S/C17H14F3N3O3S/c18-17(19,20)14-3-1-2-13(8-14)9-21-22-16(24)11-27-10-12-4-6-15(7-5-12)23(25)26/h1-9H,10-11H2,(H,22,24)/b21-9+. The molecule has 0 atom stereocenters. The number of benzene rings is 2. The zero-order chi connectivity index (χ0) is 19.9. The zero-order valence-electron chi connectivity index (χ0n) is 13.8. The number of hydrazone groups is 1. The predicted molar refractivity (Wildman–Crippen MR) is 96.4 cm³/mol. The Labute approximate surface area is 156 Å². The first-order chi connectivity index (χ1) is 12.8. The van der Waals surface area contributed by atoms with Crippen LogP contribution in [-0.2, 0) is 16.7 Å². The van der Waals surface area contributed by atoms with Crippen LogP contribution < -0.4 is 5.43 Å². The Hall–Kier alpha value is -2.88. The van der Waals surface area contributed by atoms with Crippen molar-refractivity contribution in [3.05, 3.63) is 75.3 Å². The van der Waals surface area contributed by atoms with Crippen molar-refractivity contribution in [2.75, 3.05) is 5.75 Å². The number of nitrogens with zero attached hydrogens (tertiary/aromatic N) is 2. The van der Waals surface area contributed by atoms with Gasteiger partial charge in [-0.2, -0.15) is 18.3 Å². The Morgan fingerprint density at radius 2 is 1.93 bits per heavy atom. The monoisotopic (exact) mass is 397 g/mol. The molecule has 0 aliphatic heterocycles. The maximum atomic E-state index is 12.6. The van der Waals surface area contributed by atoms with Crippen LogP contribution in [0.2, 0.25) is 0 Å². The van der Waals surface area contributed by atoms with Gasteiger partial charge < -0.3 is 0 Å². The molecule has 2 rings (SSSR count). The number of rotatable bonds is 7. The van der Waals surface area contributed by atoms with Gasteiger partial charge in [-0.1, -0.05) is 24.3 Å². The van der Waals surface area contributed by atoms with E-state index in [1.54, 1.807) is 12.1 Å². The number of non-ortho nitro benzene ring substituents is 1. The highest BCUT2D eigenvalue weighted by molar-refractivity contribution is 7.99. The van der Waals surface area contributed by atoms with E-state index in [2.05, 4.69) is 10.5 Å². The summed E-state index contributed by atoms with van der Waals surface area (Å²) in [7, 11) is 0. The number of amides is 1. The zero-order valence-corrected chi connectivity index (χ0v) is 14.6. The van der Waals surface area contributed by atoms with E-state index in [0.29, 0.717) is 5.75 Å². The molecule has 0 aromatic heterocycles. The van der Waals surface area contributed by atoms with E-state index >= 15 is 0 Å². The van der Waals surface area contributed by atoms with Crippen molar-refractivity contribution in [2.45, 2.75) is 11.9 Å². The van der Waals surface area contributed by atoms with Gasteiger partial charge in [0.25, 0.3) is 5.69 Å². The highest BCUT2D eigenvalue weighted by Gasteiger charge is 2.30. The van der Waals surface area contributed by atoms with Gasteiger partial charge in [0.1, 0.15) is 0 Å². The van der Waals surface area contributed by atoms with Gasteiger partial charge in [0.15, 0.2) is 0 Å². The van der Waals surface area contributed by atoms with Crippen LogP contribution in [0.25, 0.3) is 0 Å². The van der Waals surface area contributed by atoms with Gasteiger partial charge >= 0.3 is 6.18 Å². The molecule has 2 aromatic carbocycles. The third kappa shape index (κ3) is 6.74. The molecule has 142 valence electrons. The van der Waals surface area contributed by atoms with Gasteiger partial charge in [0.05, 0.1) is 22.5 Å². The number of carbonyl (C=O) groups excluding carboxylic acids is 1.